The van der Waals surface area contributed by atoms with Crippen molar-refractivity contribution in [1.29, 1.82) is 0 Å². The van der Waals surface area contributed by atoms with Gasteiger partial charge in [0.25, 0.3) is 0 Å². The smallest absolute Gasteiger partial charge is 0.0467 e. The molecule has 10 rings (SSSR count). The van der Waals surface area contributed by atoms with Crippen LogP contribution in [0.4, 0.5) is 17.1 Å². The van der Waals surface area contributed by atoms with Gasteiger partial charge in [-0.3, -0.25) is 0 Å². The van der Waals surface area contributed by atoms with Crippen molar-refractivity contribution in [3.05, 3.63) is 261 Å². The first-order valence-electron chi connectivity index (χ1n) is 20.9. The van der Waals surface area contributed by atoms with Crippen molar-refractivity contribution in [2.24, 2.45) is 0 Å². The number of rotatable bonds is 10. The minimum atomic E-state index is 1.08. The molecule has 0 aliphatic heterocycles. The Morgan fingerprint density at radius 3 is 0.885 bits per heavy atom. The van der Waals surface area contributed by atoms with Gasteiger partial charge in [-0.25, -0.2) is 0 Å². The second kappa shape index (κ2) is 17.1. The second-order valence-corrected chi connectivity index (χ2v) is 15.4. The number of anilines is 3. The van der Waals surface area contributed by atoms with Gasteiger partial charge in [0.2, 0.25) is 0 Å². The molecule has 0 bridgehead atoms. The van der Waals surface area contributed by atoms with E-state index < -0.39 is 0 Å². The summed E-state index contributed by atoms with van der Waals surface area (Å²) in [6.45, 7) is 0. The van der Waals surface area contributed by atoms with E-state index in [1.807, 2.05) is 0 Å². The predicted molar refractivity (Wildman–Crippen MR) is 259 cm³/mol. The fourth-order valence-corrected chi connectivity index (χ4v) is 8.30. The standard InChI is InChI=1S/C60H43N/c1-5-14-44(15-6-1)48-24-26-52(27-25-48)54-36-41-59(53-30-28-49(29-31-53)45-16-7-2-8-17-45)60(43-54)55-22-13-23-58(42-55)61(56-37-32-50(33-38-56)46-18-9-3-10-19-46)57-39-34-51(35-40-57)47-20-11-4-12-21-47/h1-43H. The van der Waals surface area contributed by atoms with E-state index in [-0.39, 0.29) is 0 Å². The normalized spacial score (nSPS) is 11.0. The summed E-state index contributed by atoms with van der Waals surface area (Å²) in [6.07, 6.45) is 0. The van der Waals surface area contributed by atoms with Crippen molar-refractivity contribution in [3.8, 4) is 77.9 Å². The third-order valence-electron chi connectivity index (χ3n) is 11.5. The van der Waals surface area contributed by atoms with E-state index in [4.69, 9.17) is 0 Å². The molecule has 0 amide bonds. The van der Waals surface area contributed by atoms with Gasteiger partial charge in [0.1, 0.15) is 0 Å². The Morgan fingerprint density at radius 2 is 0.475 bits per heavy atom. The summed E-state index contributed by atoms with van der Waals surface area (Å²) >= 11 is 0. The molecule has 0 radical (unpaired) electrons. The Balaban J connectivity index is 1.08. The van der Waals surface area contributed by atoms with Gasteiger partial charge in [0, 0.05) is 17.1 Å². The van der Waals surface area contributed by atoms with Crippen molar-refractivity contribution in [2.45, 2.75) is 0 Å². The zero-order chi connectivity index (χ0) is 40.8. The van der Waals surface area contributed by atoms with Crippen LogP contribution in [-0.2, 0) is 0 Å². The average Bonchev–Trinajstić information content (AvgIpc) is 3.36. The van der Waals surface area contributed by atoms with E-state index in [1.165, 1.54) is 72.3 Å². The lowest BCUT2D eigenvalue weighted by Gasteiger charge is -2.27. The van der Waals surface area contributed by atoms with Gasteiger partial charge in [-0.05, 0) is 120 Å². The molecule has 0 saturated carbocycles. The van der Waals surface area contributed by atoms with Crippen LogP contribution in [0.25, 0.3) is 77.9 Å². The SMILES string of the molecule is c1ccc(-c2ccc(-c3ccc(-c4ccc(-c5ccccc5)cc4)c(-c4cccc(N(c5ccc(-c6ccccc6)cc5)c5ccc(-c6ccccc6)cc5)c4)c3)cc2)cc1. The summed E-state index contributed by atoms with van der Waals surface area (Å²) in [5.74, 6) is 0. The van der Waals surface area contributed by atoms with Crippen molar-refractivity contribution < 1.29 is 0 Å². The fraction of sp³-hybridized carbons (Fsp3) is 0. The van der Waals surface area contributed by atoms with Crippen LogP contribution in [0.2, 0.25) is 0 Å². The lowest BCUT2D eigenvalue weighted by molar-refractivity contribution is 1.28. The van der Waals surface area contributed by atoms with E-state index in [0.717, 1.165) is 22.6 Å². The molecule has 0 atom stereocenters. The maximum Gasteiger partial charge on any atom is 0.0467 e. The number of hydrogen-bond acceptors (Lipinski definition) is 1. The van der Waals surface area contributed by atoms with Crippen molar-refractivity contribution in [1.82, 2.24) is 0 Å². The highest BCUT2D eigenvalue weighted by Crippen LogP contribution is 2.42. The first-order valence-corrected chi connectivity index (χ1v) is 20.9. The largest absolute Gasteiger partial charge is 0.310 e. The van der Waals surface area contributed by atoms with E-state index in [0.29, 0.717) is 0 Å². The molecule has 0 N–H and O–H groups in total. The molecule has 61 heavy (non-hydrogen) atoms. The van der Waals surface area contributed by atoms with E-state index in [1.54, 1.807) is 0 Å². The molecule has 0 spiro atoms. The highest BCUT2D eigenvalue weighted by molar-refractivity contribution is 5.90. The van der Waals surface area contributed by atoms with E-state index >= 15 is 0 Å². The van der Waals surface area contributed by atoms with Crippen molar-refractivity contribution in [2.75, 3.05) is 4.90 Å². The molecule has 0 fully saturated rings. The number of nitrogens with zero attached hydrogens (tertiary/aromatic N) is 1. The van der Waals surface area contributed by atoms with Gasteiger partial charge in [-0.1, -0.05) is 218 Å². The highest BCUT2D eigenvalue weighted by atomic mass is 15.1. The Hall–Kier alpha value is -8.00. The molecular formula is C60H43N. The summed E-state index contributed by atoms with van der Waals surface area (Å²) in [5.41, 5.74) is 19.9. The molecule has 288 valence electrons. The molecule has 0 aromatic heterocycles. The Labute approximate surface area is 359 Å². The average molecular weight is 778 g/mol. The summed E-state index contributed by atoms with van der Waals surface area (Å²) in [7, 11) is 0. The van der Waals surface area contributed by atoms with Crippen LogP contribution in [0.15, 0.2) is 261 Å². The first-order chi connectivity index (χ1) is 30.2. The quantitative estimate of drug-likeness (QED) is 0.134. The van der Waals surface area contributed by atoms with Crippen LogP contribution in [0, 0.1) is 0 Å². The molecule has 0 aliphatic carbocycles. The van der Waals surface area contributed by atoms with Crippen molar-refractivity contribution in [3.63, 3.8) is 0 Å². The Bertz CT molecular complexity index is 2910. The fourth-order valence-electron chi connectivity index (χ4n) is 8.30. The number of benzene rings is 10. The topological polar surface area (TPSA) is 3.24 Å². The third kappa shape index (κ3) is 8.06. The molecule has 1 nitrogen and oxygen atoms in total. The van der Waals surface area contributed by atoms with Gasteiger partial charge in [0.15, 0.2) is 0 Å². The van der Waals surface area contributed by atoms with Gasteiger partial charge in [-0.2, -0.15) is 0 Å². The molecule has 0 aliphatic rings. The number of hydrogen-bond donors (Lipinski definition) is 0. The highest BCUT2D eigenvalue weighted by Gasteiger charge is 2.17. The van der Waals surface area contributed by atoms with Gasteiger partial charge in [-0.15, -0.1) is 0 Å². The van der Waals surface area contributed by atoms with Gasteiger partial charge in [0.05, 0.1) is 0 Å². The minimum Gasteiger partial charge on any atom is -0.310 e. The third-order valence-corrected chi connectivity index (χ3v) is 11.5. The molecule has 0 unspecified atom stereocenters. The Morgan fingerprint density at radius 1 is 0.164 bits per heavy atom. The second-order valence-electron chi connectivity index (χ2n) is 15.4. The maximum absolute atomic E-state index is 2.37. The molecule has 1 heteroatoms. The predicted octanol–water partition coefficient (Wildman–Crippen LogP) is 16.8. The van der Waals surface area contributed by atoms with Gasteiger partial charge < -0.3 is 4.90 Å². The minimum absolute atomic E-state index is 1.08. The lowest BCUT2D eigenvalue weighted by Crippen LogP contribution is -2.10. The zero-order valence-electron chi connectivity index (χ0n) is 33.8. The van der Waals surface area contributed by atoms with E-state index in [2.05, 4.69) is 266 Å². The van der Waals surface area contributed by atoms with Gasteiger partial charge >= 0.3 is 0 Å². The first kappa shape index (κ1) is 37.3. The summed E-state index contributed by atoms with van der Waals surface area (Å²) in [5, 5.41) is 0. The molecular weight excluding hydrogens is 735 g/mol. The van der Waals surface area contributed by atoms with E-state index in [9.17, 15) is 0 Å². The molecule has 0 heterocycles. The monoisotopic (exact) mass is 777 g/mol. The summed E-state index contributed by atoms with van der Waals surface area (Å²) in [4.78, 5) is 2.37. The van der Waals surface area contributed by atoms with Crippen LogP contribution in [-0.4, -0.2) is 0 Å². The van der Waals surface area contributed by atoms with Crippen LogP contribution >= 0.6 is 0 Å². The summed E-state index contributed by atoms with van der Waals surface area (Å²) in [6, 6.07) is 94.0. The molecule has 10 aromatic rings. The summed E-state index contributed by atoms with van der Waals surface area (Å²) < 4.78 is 0. The van der Waals surface area contributed by atoms with Crippen LogP contribution in [0.3, 0.4) is 0 Å². The maximum atomic E-state index is 2.37. The van der Waals surface area contributed by atoms with Crippen LogP contribution in [0.5, 0.6) is 0 Å². The molecule has 0 saturated heterocycles. The lowest BCUT2D eigenvalue weighted by atomic mass is 9.90. The van der Waals surface area contributed by atoms with Crippen LogP contribution in [0.1, 0.15) is 0 Å². The van der Waals surface area contributed by atoms with Crippen LogP contribution < -0.4 is 4.90 Å². The van der Waals surface area contributed by atoms with Crippen molar-refractivity contribution >= 4 is 17.1 Å². The molecule has 10 aromatic carbocycles. The zero-order valence-corrected chi connectivity index (χ0v) is 33.8. The Kier molecular flexibility index (Phi) is 10.4.